The Morgan fingerprint density at radius 3 is 2.30 bits per heavy atom. The molecule has 1 saturated heterocycles. The van der Waals surface area contributed by atoms with Crippen molar-refractivity contribution < 1.29 is 0 Å². The van der Waals surface area contributed by atoms with Crippen molar-refractivity contribution in [3.63, 3.8) is 0 Å². The summed E-state index contributed by atoms with van der Waals surface area (Å²) in [5, 5.41) is 0. The molecule has 1 aliphatic rings. The third-order valence-electron chi connectivity index (χ3n) is 2.36. The number of rotatable bonds is 1. The Morgan fingerprint density at radius 2 is 2.10 bits per heavy atom. The molecule has 1 nitrogen and oxygen atoms in total. The van der Waals surface area contributed by atoms with E-state index in [-0.39, 0.29) is 0 Å². The van der Waals surface area contributed by atoms with E-state index in [0.717, 1.165) is 0 Å². The average molecular weight is 155 g/mol. The third-order valence-corrected chi connectivity index (χ3v) is 6.01. The van der Waals surface area contributed by atoms with Crippen LogP contribution in [0.25, 0.3) is 0 Å². The summed E-state index contributed by atoms with van der Waals surface area (Å²) in [4.78, 5) is 0. The molecule has 0 saturated carbocycles. The van der Waals surface area contributed by atoms with Gasteiger partial charge < -0.3 is 4.57 Å². The van der Waals surface area contributed by atoms with E-state index in [0.29, 0.717) is 0 Å². The first-order valence-corrected chi connectivity index (χ1v) is 7.12. The molecule has 1 fully saturated rings. The van der Waals surface area contributed by atoms with Crippen LogP contribution >= 0.6 is 0 Å². The molecule has 0 spiro atoms. The minimum Gasteiger partial charge on any atom is -0.402 e. The Balaban J connectivity index is 2.68. The van der Waals surface area contributed by atoms with E-state index in [9.17, 15) is 0 Å². The third kappa shape index (κ3) is 1.26. The van der Waals surface area contributed by atoms with Gasteiger partial charge in [-0.2, -0.15) is 0 Å². The minimum atomic E-state index is -0.999. The second-order valence-corrected chi connectivity index (χ2v) is 8.47. The van der Waals surface area contributed by atoms with Gasteiger partial charge in [0.1, 0.15) is 8.24 Å². The van der Waals surface area contributed by atoms with Crippen LogP contribution in [-0.4, -0.2) is 19.3 Å². The molecule has 0 amide bonds. The lowest BCUT2D eigenvalue weighted by molar-refractivity contribution is 0.563. The van der Waals surface area contributed by atoms with Crippen molar-refractivity contribution in [1.82, 2.24) is 4.57 Å². The van der Waals surface area contributed by atoms with Crippen LogP contribution in [0, 0.1) is 0 Å². The Bertz CT molecular complexity index is 151. The van der Waals surface area contributed by atoms with Crippen molar-refractivity contribution in [2.45, 2.75) is 32.5 Å². The van der Waals surface area contributed by atoms with Crippen LogP contribution in [0.1, 0.15) is 13.3 Å². The van der Waals surface area contributed by atoms with Gasteiger partial charge in [0.2, 0.25) is 0 Å². The first kappa shape index (κ1) is 7.86. The van der Waals surface area contributed by atoms with Gasteiger partial charge in [-0.1, -0.05) is 19.7 Å². The lowest BCUT2D eigenvalue weighted by atomic mass is 10.4. The van der Waals surface area contributed by atoms with E-state index in [1.165, 1.54) is 24.7 Å². The van der Waals surface area contributed by atoms with Gasteiger partial charge in [0.25, 0.3) is 0 Å². The van der Waals surface area contributed by atoms with Gasteiger partial charge >= 0.3 is 0 Å². The van der Waals surface area contributed by atoms with Crippen LogP contribution in [0.2, 0.25) is 19.1 Å². The number of allylic oxidation sites excluding steroid dienone is 1. The summed E-state index contributed by atoms with van der Waals surface area (Å²) in [7, 11) is -0.999. The number of hydrogen-bond donors (Lipinski definition) is 0. The topological polar surface area (TPSA) is 3.24 Å². The van der Waals surface area contributed by atoms with E-state index in [4.69, 9.17) is 0 Å². The van der Waals surface area contributed by atoms with Gasteiger partial charge in [-0.3, -0.25) is 0 Å². The summed E-state index contributed by atoms with van der Waals surface area (Å²) in [5.74, 6) is 0. The van der Waals surface area contributed by atoms with Crippen molar-refractivity contribution in [3.8, 4) is 0 Å². The maximum absolute atomic E-state index is 3.99. The molecule has 0 aromatic carbocycles. The summed E-state index contributed by atoms with van der Waals surface area (Å²) in [6.45, 7) is 12.2. The molecule has 0 N–H and O–H groups in total. The summed E-state index contributed by atoms with van der Waals surface area (Å²) in [6.07, 6.45) is 1.38. The van der Waals surface area contributed by atoms with Gasteiger partial charge in [0.05, 0.1) is 0 Å². The molecule has 58 valence electrons. The molecule has 0 aromatic rings. The van der Waals surface area contributed by atoms with E-state index < -0.39 is 8.24 Å². The van der Waals surface area contributed by atoms with Crippen LogP contribution in [0.3, 0.4) is 0 Å². The van der Waals surface area contributed by atoms with Crippen molar-refractivity contribution >= 4 is 8.24 Å². The standard InChI is InChI=1S/C8H17NSi/c1-8(2)9-6-5-7-10(9,3)4/h1,5-7H2,2-4H3. The van der Waals surface area contributed by atoms with Gasteiger partial charge in [-0.15, -0.1) is 0 Å². The Morgan fingerprint density at radius 1 is 1.50 bits per heavy atom. The fourth-order valence-corrected chi connectivity index (χ4v) is 4.90. The molecule has 1 rings (SSSR count). The average Bonchev–Trinajstić information content (AvgIpc) is 2.08. The highest BCUT2D eigenvalue weighted by molar-refractivity contribution is 6.75. The molecule has 0 radical (unpaired) electrons. The van der Waals surface area contributed by atoms with Gasteiger partial charge in [0.15, 0.2) is 0 Å². The molecule has 2 heteroatoms. The molecule has 1 aliphatic heterocycles. The second-order valence-electron chi connectivity index (χ2n) is 3.80. The molecule has 1 heterocycles. The molecular formula is C8H17NSi. The molecule has 0 atom stereocenters. The zero-order chi connectivity index (χ0) is 7.78. The second kappa shape index (κ2) is 2.42. The monoisotopic (exact) mass is 155 g/mol. The fraction of sp³-hybridized carbons (Fsp3) is 0.750. The van der Waals surface area contributed by atoms with Crippen LogP contribution in [0.5, 0.6) is 0 Å². The summed E-state index contributed by atoms with van der Waals surface area (Å²) >= 11 is 0. The van der Waals surface area contributed by atoms with Gasteiger partial charge in [-0.05, 0) is 25.1 Å². The van der Waals surface area contributed by atoms with E-state index in [1.807, 2.05) is 0 Å². The first-order chi connectivity index (χ1) is 4.54. The quantitative estimate of drug-likeness (QED) is 0.526. The van der Waals surface area contributed by atoms with Crippen molar-refractivity contribution in [1.29, 1.82) is 0 Å². The highest BCUT2D eigenvalue weighted by Crippen LogP contribution is 2.28. The Labute approximate surface area is 64.8 Å². The number of hydrogen-bond acceptors (Lipinski definition) is 1. The Kier molecular flexibility index (Phi) is 1.90. The number of nitrogens with zero attached hydrogens (tertiary/aromatic N) is 1. The van der Waals surface area contributed by atoms with Crippen molar-refractivity contribution in [2.75, 3.05) is 6.54 Å². The summed E-state index contributed by atoms with van der Waals surface area (Å²) in [6, 6.07) is 1.44. The minimum absolute atomic E-state index is 0.999. The zero-order valence-electron chi connectivity index (χ0n) is 7.28. The van der Waals surface area contributed by atoms with Crippen LogP contribution in [0.4, 0.5) is 0 Å². The maximum Gasteiger partial charge on any atom is 0.150 e. The predicted molar refractivity (Wildman–Crippen MR) is 48.4 cm³/mol. The zero-order valence-corrected chi connectivity index (χ0v) is 8.28. The fourth-order valence-electron chi connectivity index (χ4n) is 1.81. The molecular weight excluding hydrogens is 138 g/mol. The van der Waals surface area contributed by atoms with Gasteiger partial charge in [-0.25, -0.2) is 0 Å². The lowest BCUT2D eigenvalue weighted by Gasteiger charge is -2.31. The summed E-state index contributed by atoms with van der Waals surface area (Å²) in [5.41, 5.74) is 1.27. The lowest BCUT2D eigenvalue weighted by Crippen LogP contribution is -2.41. The van der Waals surface area contributed by atoms with Crippen molar-refractivity contribution in [3.05, 3.63) is 12.3 Å². The largest absolute Gasteiger partial charge is 0.402 e. The normalized spacial score (nSPS) is 23.3. The van der Waals surface area contributed by atoms with Gasteiger partial charge in [0, 0.05) is 6.54 Å². The van der Waals surface area contributed by atoms with E-state index >= 15 is 0 Å². The molecule has 10 heavy (non-hydrogen) atoms. The van der Waals surface area contributed by atoms with Crippen LogP contribution in [-0.2, 0) is 0 Å². The van der Waals surface area contributed by atoms with Crippen molar-refractivity contribution in [2.24, 2.45) is 0 Å². The highest BCUT2D eigenvalue weighted by Gasteiger charge is 2.33. The SMILES string of the molecule is C=C(C)N1CCC[Si]1(C)C. The Hall–Kier alpha value is -0.243. The van der Waals surface area contributed by atoms with Crippen LogP contribution < -0.4 is 0 Å². The molecule has 0 bridgehead atoms. The molecule has 0 aliphatic carbocycles. The smallest absolute Gasteiger partial charge is 0.150 e. The predicted octanol–water partition coefficient (Wildman–Crippen LogP) is 2.43. The van der Waals surface area contributed by atoms with Crippen LogP contribution in [0.15, 0.2) is 12.3 Å². The summed E-state index contributed by atoms with van der Waals surface area (Å²) < 4.78 is 2.53. The molecule has 0 aromatic heterocycles. The van der Waals surface area contributed by atoms with E-state index in [2.05, 4.69) is 31.2 Å². The molecule has 0 unspecified atom stereocenters. The first-order valence-electron chi connectivity index (χ1n) is 3.97. The maximum atomic E-state index is 3.99. The highest BCUT2D eigenvalue weighted by atomic mass is 28.3. The van der Waals surface area contributed by atoms with E-state index in [1.54, 1.807) is 0 Å².